The van der Waals surface area contributed by atoms with Crippen LogP contribution < -0.4 is 9.47 Å². The van der Waals surface area contributed by atoms with Crippen molar-refractivity contribution in [1.29, 1.82) is 0 Å². The molecule has 2 heterocycles. The van der Waals surface area contributed by atoms with E-state index in [1.807, 2.05) is 41.3 Å². The van der Waals surface area contributed by atoms with Gasteiger partial charge in [0.05, 0.1) is 18.1 Å². The van der Waals surface area contributed by atoms with Crippen molar-refractivity contribution in [1.82, 2.24) is 9.88 Å². The highest BCUT2D eigenvalue weighted by molar-refractivity contribution is 9.10. The Labute approximate surface area is 156 Å². The van der Waals surface area contributed by atoms with Crippen molar-refractivity contribution in [2.75, 3.05) is 20.2 Å². The molecule has 2 aromatic rings. The van der Waals surface area contributed by atoms with E-state index in [4.69, 9.17) is 9.47 Å². The number of likely N-dealkylation sites (tertiary alicyclic amines) is 1. The van der Waals surface area contributed by atoms with Crippen molar-refractivity contribution >= 4 is 21.8 Å². The molecule has 1 aromatic carbocycles. The maximum Gasteiger partial charge on any atom is 0.228 e. The quantitative estimate of drug-likeness (QED) is 0.739. The normalized spacial score (nSPS) is 16.7. The van der Waals surface area contributed by atoms with Gasteiger partial charge in [0.2, 0.25) is 11.8 Å². The maximum absolute atomic E-state index is 12.4. The number of methoxy groups -OCH3 is 1. The molecule has 0 saturated carbocycles. The van der Waals surface area contributed by atoms with Gasteiger partial charge in [-0.25, -0.2) is 4.98 Å². The van der Waals surface area contributed by atoms with Gasteiger partial charge in [0.25, 0.3) is 0 Å². The highest BCUT2D eigenvalue weighted by Crippen LogP contribution is 2.24. The zero-order valence-electron chi connectivity index (χ0n) is 14.2. The Morgan fingerprint density at radius 1 is 1.32 bits per heavy atom. The third-order valence-electron chi connectivity index (χ3n) is 4.29. The lowest BCUT2D eigenvalue weighted by molar-refractivity contribution is -0.130. The van der Waals surface area contributed by atoms with Gasteiger partial charge in [0.1, 0.15) is 11.9 Å². The minimum Gasteiger partial charge on any atom is -0.497 e. The van der Waals surface area contributed by atoms with Crippen LogP contribution in [0.1, 0.15) is 18.4 Å². The molecule has 1 aromatic heterocycles. The van der Waals surface area contributed by atoms with Crippen LogP contribution in [-0.4, -0.2) is 42.1 Å². The molecule has 1 unspecified atom stereocenters. The van der Waals surface area contributed by atoms with E-state index in [-0.39, 0.29) is 12.0 Å². The van der Waals surface area contributed by atoms with E-state index in [2.05, 4.69) is 20.9 Å². The number of rotatable bonds is 6. The van der Waals surface area contributed by atoms with Gasteiger partial charge in [-0.2, -0.15) is 0 Å². The van der Waals surface area contributed by atoms with E-state index in [1.54, 1.807) is 13.3 Å². The molecule has 1 saturated heterocycles. The lowest BCUT2D eigenvalue weighted by Gasteiger charge is -2.17. The first-order valence-corrected chi connectivity index (χ1v) is 9.13. The number of halogens is 1. The molecule has 0 bridgehead atoms. The molecule has 25 heavy (non-hydrogen) atoms. The van der Waals surface area contributed by atoms with Crippen LogP contribution in [-0.2, 0) is 11.2 Å². The van der Waals surface area contributed by atoms with Gasteiger partial charge in [-0.15, -0.1) is 0 Å². The number of hydrogen-bond acceptors (Lipinski definition) is 4. The molecule has 0 N–H and O–H groups in total. The first kappa shape index (κ1) is 17.7. The summed E-state index contributed by atoms with van der Waals surface area (Å²) in [6.45, 7) is 1.35. The van der Waals surface area contributed by atoms with Crippen LogP contribution >= 0.6 is 15.9 Å². The fourth-order valence-electron chi connectivity index (χ4n) is 2.87. The van der Waals surface area contributed by atoms with Gasteiger partial charge < -0.3 is 14.4 Å². The van der Waals surface area contributed by atoms with Crippen molar-refractivity contribution in [3.05, 3.63) is 52.6 Å². The van der Waals surface area contributed by atoms with Gasteiger partial charge in [-0.1, -0.05) is 12.1 Å². The molecular formula is C19H21BrN2O3. The number of pyridine rings is 1. The monoisotopic (exact) mass is 404 g/mol. The molecule has 0 radical (unpaired) electrons. The molecule has 1 aliphatic rings. The topological polar surface area (TPSA) is 51.7 Å². The highest BCUT2D eigenvalue weighted by Gasteiger charge is 2.28. The summed E-state index contributed by atoms with van der Waals surface area (Å²) in [6.07, 6.45) is 3.77. The lowest BCUT2D eigenvalue weighted by Crippen LogP contribution is -2.31. The molecule has 5 nitrogen and oxygen atoms in total. The predicted molar refractivity (Wildman–Crippen MR) is 98.9 cm³/mol. The molecule has 0 aliphatic carbocycles. The number of amides is 1. The average Bonchev–Trinajstić information content (AvgIpc) is 3.11. The van der Waals surface area contributed by atoms with Crippen LogP contribution in [0.25, 0.3) is 0 Å². The number of aryl methyl sites for hydroxylation is 1. The molecule has 6 heteroatoms. The zero-order chi connectivity index (χ0) is 17.6. The van der Waals surface area contributed by atoms with E-state index in [0.29, 0.717) is 18.8 Å². The lowest BCUT2D eigenvalue weighted by atomic mass is 10.1. The second kappa shape index (κ2) is 8.34. The number of carbonyl (C=O) groups is 1. The van der Waals surface area contributed by atoms with Crippen molar-refractivity contribution in [3.63, 3.8) is 0 Å². The maximum atomic E-state index is 12.4. The fraction of sp³-hybridized carbons (Fsp3) is 0.368. The second-order valence-electron chi connectivity index (χ2n) is 6.01. The molecule has 132 valence electrons. The first-order chi connectivity index (χ1) is 12.2. The molecular weight excluding hydrogens is 384 g/mol. The van der Waals surface area contributed by atoms with E-state index < -0.39 is 0 Å². The molecule has 1 aliphatic heterocycles. The first-order valence-electron chi connectivity index (χ1n) is 8.33. The Morgan fingerprint density at radius 3 is 2.84 bits per heavy atom. The Kier molecular flexibility index (Phi) is 5.91. The van der Waals surface area contributed by atoms with Crippen LogP contribution in [0.4, 0.5) is 0 Å². The van der Waals surface area contributed by atoms with Gasteiger partial charge in [-0.05, 0) is 52.2 Å². The Bertz CT molecular complexity index is 721. The summed E-state index contributed by atoms with van der Waals surface area (Å²) in [6, 6.07) is 11.6. The van der Waals surface area contributed by atoms with E-state index in [1.165, 1.54) is 0 Å². The number of nitrogens with zero attached hydrogens (tertiary/aromatic N) is 2. The third-order valence-corrected chi connectivity index (χ3v) is 4.89. The van der Waals surface area contributed by atoms with Crippen molar-refractivity contribution in [2.24, 2.45) is 0 Å². The molecule has 1 fully saturated rings. The summed E-state index contributed by atoms with van der Waals surface area (Å²) in [5.74, 6) is 1.58. The summed E-state index contributed by atoms with van der Waals surface area (Å²) in [4.78, 5) is 18.5. The van der Waals surface area contributed by atoms with Crippen LogP contribution in [0.15, 0.2) is 47.1 Å². The third kappa shape index (κ3) is 4.72. The fourth-order valence-corrected chi connectivity index (χ4v) is 3.22. The highest BCUT2D eigenvalue weighted by atomic mass is 79.9. The van der Waals surface area contributed by atoms with Crippen LogP contribution in [0.5, 0.6) is 11.6 Å². The van der Waals surface area contributed by atoms with E-state index in [9.17, 15) is 4.79 Å². The van der Waals surface area contributed by atoms with Crippen molar-refractivity contribution < 1.29 is 14.3 Å². The van der Waals surface area contributed by atoms with Crippen molar-refractivity contribution in [2.45, 2.75) is 25.4 Å². The number of aromatic nitrogens is 1. The smallest absolute Gasteiger partial charge is 0.228 e. The van der Waals surface area contributed by atoms with Crippen LogP contribution in [0, 0.1) is 0 Å². The molecule has 1 atom stereocenters. The van der Waals surface area contributed by atoms with Crippen molar-refractivity contribution in [3.8, 4) is 11.6 Å². The summed E-state index contributed by atoms with van der Waals surface area (Å²) >= 11 is 3.43. The van der Waals surface area contributed by atoms with Crippen LogP contribution in [0.3, 0.4) is 0 Å². The van der Waals surface area contributed by atoms with Crippen LogP contribution in [0.2, 0.25) is 0 Å². The van der Waals surface area contributed by atoms with E-state index in [0.717, 1.165) is 35.2 Å². The van der Waals surface area contributed by atoms with Gasteiger partial charge in [0, 0.05) is 25.6 Å². The summed E-state index contributed by atoms with van der Waals surface area (Å²) in [7, 11) is 1.65. The number of carbonyl (C=O) groups excluding carboxylic acids is 1. The molecule has 0 spiro atoms. The van der Waals surface area contributed by atoms with E-state index >= 15 is 0 Å². The predicted octanol–water partition coefficient (Wildman–Crippen LogP) is 3.47. The Balaban J connectivity index is 1.48. The SMILES string of the molecule is COc1ccc(CCC(=O)N2CCC(Oc3ncccc3Br)C2)cc1. The van der Waals surface area contributed by atoms with Gasteiger partial charge >= 0.3 is 0 Å². The van der Waals surface area contributed by atoms with Gasteiger partial charge in [0.15, 0.2) is 0 Å². The summed E-state index contributed by atoms with van der Waals surface area (Å²) < 4.78 is 11.9. The molecule has 1 amide bonds. The summed E-state index contributed by atoms with van der Waals surface area (Å²) in [5.41, 5.74) is 1.14. The van der Waals surface area contributed by atoms with Gasteiger partial charge in [-0.3, -0.25) is 4.79 Å². The standard InChI is InChI=1S/C19H21BrN2O3/c1-24-15-7-4-14(5-8-15)6-9-18(23)22-12-10-16(13-22)25-19-17(20)3-2-11-21-19/h2-5,7-8,11,16H,6,9-10,12-13H2,1H3. The number of benzene rings is 1. The summed E-state index contributed by atoms with van der Waals surface area (Å²) in [5, 5.41) is 0. The minimum absolute atomic E-state index is 0.00358. The second-order valence-corrected chi connectivity index (χ2v) is 6.86. The zero-order valence-corrected chi connectivity index (χ0v) is 15.7. The average molecular weight is 405 g/mol. The Hall–Kier alpha value is -2.08. The minimum atomic E-state index is -0.00358. The Morgan fingerprint density at radius 2 is 2.12 bits per heavy atom. The number of ether oxygens (including phenoxy) is 2. The number of hydrogen-bond donors (Lipinski definition) is 0. The molecule has 3 rings (SSSR count). The largest absolute Gasteiger partial charge is 0.497 e.